The highest BCUT2D eigenvalue weighted by atomic mass is 16.3. The van der Waals surface area contributed by atoms with Gasteiger partial charge in [0.15, 0.2) is 11.8 Å². The molecule has 0 aliphatic heterocycles. The highest BCUT2D eigenvalue weighted by Gasteiger charge is 2.15. The zero-order valence-corrected chi connectivity index (χ0v) is 18.7. The molecule has 3 N–H and O–H groups in total. The third-order valence-corrected chi connectivity index (χ3v) is 5.00. The SMILES string of the molecule is CCNC(=NCc1nncn1-c1ccccc1)NCC(O)c1ccc(C(C)(C)C)cc1. The molecule has 0 saturated heterocycles. The van der Waals surface area contributed by atoms with Crippen LogP contribution in [0.3, 0.4) is 0 Å². The average Bonchev–Trinajstić information content (AvgIpc) is 3.24. The highest BCUT2D eigenvalue weighted by Crippen LogP contribution is 2.23. The maximum atomic E-state index is 10.6. The molecule has 1 unspecified atom stereocenters. The lowest BCUT2D eigenvalue weighted by Crippen LogP contribution is -2.39. The van der Waals surface area contributed by atoms with E-state index in [4.69, 9.17) is 0 Å². The van der Waals surface area contributed by atoms with Gasteiger partial charge >= 0.3 is 0 Å². The van der Waals surface area contributed by atoms with Crippen molar-refractivity contribution in [2.45, 2.75) is 45.8 Å². The Bertz CT molecular complexity index is 973. The van der Waals surface area contributed by atoms with Crippen molar-refractivity contribution in [2.75, 3.05) is 13.1 Å². The van der Waals surface area contributed by atoms with Gasteiger partial charge in [0.2, 0.25) is 0 Å². The van der Waals surface area contributed by atoms with Gasteiger partial charge in [-0.1, -0.05) is 63.2 Å². The second kappa shape index (κ2) is 10.2. The van der Waals surface area contributed by atoms with E-state index in [9.17, 15) is 5.11 Å². The largest absolute Gasteiger partial charge is 0.387 e. The first-order valence-corrected chi connectivity index (χ1v) is 10.6. The molecular formula is C24H32N6O. The van der Waals surface area contributed by atoms with Gasteiger partial charge in [0.25, 0.3) is 0 Å². The Kier molecular flexibility index (Phi) is 7.41. The Morgan fingerprint density at radius 1 is 1.06 bits per heavy atom. The first-order chi connectivity index (χ1) is 14.9. The molecule has 2 aromatic carbocycles. The molecule has 0 saturated carbocycles. The molecule has 7 heteroatoms. The smallest absolute Gasteiger partial charge is 0.191 e. The molecule has 3 aromatic rings. The van der Waals surface area contributed by atoms with Crippen molar-refractivity contribution in [3.8, 4) is 5.69 Å². The van der Waals surface area contributed by atoms with Crippen LogP contribution in [0.25, 0.3) is 5.69 Å². The van der Waals surface area contributed by atoms with E-state index in [1.165, 1.54) is 5.56 Å². The van der Waals surface area contributed by atoms with Crippen molar-refractivity contribution in [3.05, 3.63) is 77.9 Å². The molecule has 0 amide bonds. The maximum absolute atomic E-state index is 10.6. The number of nitrogens with zero attached hydrogens (tertiary/aromatic N) is 4. The first-order valence-electron chi connectivity index (χ1n) is 10.6. The predicted octanol–water partition coefficient (Wildman–Crippen LogP) is 3.35. The van der Waals surface area contributed by atoms with Crippen LogP contribution in [0.15, 0.2) is 65.9 Å². The number of guanidine groups is 1. The van der Waals surface area contributed by atoms with Crippen LogP contribution < -0.4 is 10.6 Å². The molecule has 7 nitrogen and oxygen atoms in total. The Hall–Kier alpha value is -3.19. The normalized spacial score (nSPS) is 13.1. The third-order valence-electron chi connectivity index (χ3n) is 5.00. The van der Waals surface area contributed by atoms with Crippen molar-refractivity contribution in [1.82, 2.24) is 25.4 Å². The quantitative estimate of drug-likeness (QED) is 0.403. The van der Waals surface area contributed by atoms with Gasteiger partial charge < -0.3 is 15.7 Å². The molecule has 1 atom stereocenters. The molecule has 1 aromatic heterocycles. The first kappa shape index (κ1) is 22.5. The lowest BCUT2D eigenvalue weighted by Gasteiger charge is -2.20. The topological polar surface area (TPSA) is 87.4 Å². The summed E-state index contributed by atoms with van der Waals surface area (Å²) in [6.45, 7) is 9.97. The number of aromatic nitrogens is 3. The zero-order valence-electron chi connectivity index (χ0n) is 18.7. The summed E-state index contributed by atoms with van der Waals surface area (Å²) in [4.78, 5) is 4.61. The third kappa shape index (κ3) is 6.15. The Morgan fingerprint density at radius 3 is 2.42 bits per heavy atom. The maximum Gasteiger partial charge on any atom is 0.191 e. The average molecular weight is 421 g/mol. The summed E-state index contributed by atoms with van der Waals surface area (Å²) in [5, 5.41) is 25.3. The Balaban J connectivity index is 1.64. The number of rotatable bonds is 7. The van der Waals surface area contributed by atoms with Crippen LogP contribution in [0.2, 0.25) is 0 Å². The summed E-state index contributed by atoms with van der Waals surface area (Å²) in [7, 11) is 0. The summed E-state index contributed by atoms with van der Waals surface area (Å²) in [5.41, 5.74) is 3.20. The molecule has 0 fully saturated rings. The van der Waals surface area contributed by atoms with E-state index in [-0.39, 0.29) is 5.41 Å². The fourth-order valence-corrected chi connectivity index (χ4v) is 3.18. The second-order valence-corrected chi connectivity index (χ2v) is 8.42. The highest BCUT2D eigenvalue weighted by molar-refractivity contribution is 5.79. The summed E-state index contributed by atoms with van der Waals surface area (Å²) < 4.78 is 1.92. The van der Waals surface area contributed by atoms with Gasteiger partial charge in [-0.2, -0.15) is 0 Å². The molecular weight excluding hydrogens is 388 g/mol. The van der Waals surface area contributed by atoms with Crippen LogP contribution in [-0.4, -0.2) is 38.9 Å². The van der Waals surface area contributed by atoms with Gasteiger partial charge in [0, 0.05) is 18.8 Å². The fraction of sp³-hybridized carbons (Fsp3) is 0.375. The van der Waals surface area contributed by atoms with Crippen molar-refractivity contribution in [3.63, 3.8) is 0 Å². The predicted molar refractivity (Wildman–Crippen MR) is 124 cm³/mol. The molecule has 164 valence electrons. The number of para-hydroxylation sites is 1. The van der Waals surface area contributed by atoms with Crippen molar-refractivity contribution >= 4 is 5.96 Å². The minimum Gasteiger partial charge on any atom is -0.387 e. The van der Waals surface area contributed by atoms with Gasteiger partial charge in [0.05, 0.1) is 6.10 Å². The monoisotopic (exact) mass is 420 g/mol. The number of nitrogens with one attached hydrogen (secondary N) is 2. The van der Waals surface area contributed by atoms with E-state index in [2.05, 4.69) is 58.7 Å². The van der Waals surface area contributed by atoms with E-state index >= 15 is 0 Å². The standard InChI is InChI=1S/C24H32N6O/c1-5-25-23(26-15-21(31)18-11-13-19(14-12-18)24(2,3)4)27-16-22-29-28-17-30(22)20-9-7-6-8-10-20/h6-14,17,21,31H,5,15-16H2,1-4H3,(H2,25,26,27). The minimum atomic E-state index is -0.633. The zero-order chi connectivity index (χ0) is 22.3. The van der Waals surface area contributed by atoms with Gasteiger partial charge in [-0.25, -0.2) is 4.99 Å². The Labute approximate surface area is 184 Å². The van der Waals surface area contributed by atoms with Crippen LogP contribution in [0.5, 0.6) is 0 Å². The molecule has 0 aliphatic rings. The van der Waals surface area contributed by atoms with Crippen molar-refractivity contribution < 1.29 is 5.11 Å². The lowest BCUT2D eigenvalue weighted by atomic mass is 9.86. The molecule has 0 bridgehead atoms. The molecule has 1 heterocycles. The number of hydrogen-bond acceptors (Lipinski definition) is 4. The number of benzene rings is 2. The van der Waals surface area contributed by atoms with Crippen LogP contribution in [-0.2, 0) is 12.0 Å². The van der Waals surface area contributed by atoms with Gasteiger partial charge in [-0.05, 0) is 35.6 Å². The molecule has 3 rings (SSSR count). The van der Waals surface area contributed by atoms with Crippen LogP contribution >= 0.6 is 0 Å². The molecule has 0 radical (unpaired) electrons. The summed E-state index contributed by atoms with van der Waals surface area (Å²) in [5.74, 6) is 1.36. The molecule has 31 heavy (non-hydrogen) atoms. The summed E-state index contributed by atoms with van der Waals surface area (Å²) in [6.07, 6.45) is 1.05. The van der Waals surface area contributed by atoms with Crippen molar-refractivity contribution in [1.29, 1.82) is 0 Å². The molecule has 0 aliphatic carbocycles. The van der Waals surface area contributed by atoms with E-state index < -0.39 is 6.10 Å². The van der Waals surface area contributed by atoms with Crippen LogP contribution in [0.4, 0.5) is 0 Å². The van der Waals surface area contributed by atoms with E-state index in [0.29, 0.717) is 25.6 Å². The van der Waals surface area contributed by atoms with Crippen LogP contribution in [0.1, 0.15) is 50.8 Å². The van der Waals surface area contributed by atoms with Gasteiger partial charge in [0.1, 0.15) is 12.9 Å². The Morgan fingerprint density at radius 2 is 1.77 bits per heavy atom. The number of hydrogen-bond donors (Lipinski definition) is 3. The van der Waals surface area contributed by atoms with E-state index in [1.807, 2.05) is 54.0 Å². The molecule has 0 spiro atoms. The fourth-order valence-electron chi connectivity index (χ4n) is 3.18. The number of aliphatic hydroxyl groups is 1. The summed E-state index contributed by atoms with van der Waals surface area (Å²) in [6, 6.07) is 18.1. The van der Waals surface area contributed by atoms with Gasteiger partial charge in [-0.3, -0.25) is 4.57 Å². The van der Waals surface area contributed by atoms with Crippen LogP contribution in [0, 0.1) is 0 Å². The number of aliphatic imine (C=N–C) groups is 1. The second-order valence-electron chi connectivity index (χ2n) is 8.42. The summed E-state index contributed by atoms with van der Waals surface area (Å²) >= 11 is 0. The minimum absolute atomic E-state index is 0.0902. The van der Waals surface area contributed by atoms with E-state index in [1.54, 1.807) is 6.33 Å². The lowest BCUT2D eigenvalue weighted by molar-refractivity contribution is 0.181. The van der Waals surface area contributed by atoms with E-state index in [0.717, 1.165) is 17.1 Å². The number of aliphatic hydroxyl groups excluding tert-OH is 1. The van der Waals surface area contributed by atoms with Gasteiger partial charge in [-0.15, -0.1) is 10.2 Å². The van der Waals surface area contributed by atoms with Crippen molar-refractivity contribution in [2.24, 2.45) is 4.99 Å².